The molecule has 9 heteroatoms. The van der Waals surface area contributed by atoms with Crippen LogP contribution in [0.5, 0.6) is 11.5 Å². The van der Waals surface area contributed by atoms with Crippen molar-refractivity contribution in [3.63, 3.8) is 0 Å². The largest absolute Gasteiger partial charge is 0.486 e. The van der Waals surface area contributed by atoms with Crippen molar-refractivity contribution in [2.24, 2.45) is 5.92 Å². The molecule has 0 spiro atoms. The van der Waals surface area contributed by atoms with Crippen LogP contribution in [0.4, 0.5) is 0 Å². The Morgan fingerprint density at radius 1 is 0.756 bits per heavy atom. The average molecular weight is 557 g/mol. The molecule has 0 aliphatic rings. The number of carboxylic acids is 1. The minimum absolute atomic E-state index is 0.332. The lowest BCUT2D eigenvalue weighted by Gasteiger charge is -2.24. The fourth-order valence-electron chi connectivity index (χ4n) is 4.41. The van der Waals surface area contributed by atoms with Gasteiger partial charge >= 0.3 is 5.97 Å². The highest BCUT2D eigenvalue weighted by molar-refractivity contribution is 5.95. The van der Waals surface area contributed by atoms with E-state index in [1.54, 1.807) is 32.0 Å². The van der Waals surface area contributed by atoms with E-state index in [1.807, 2.05) is 66.7 Å². The number of carboxylic acid groups (broad SMARTS) is 1. The Bertz CT molecular complexity index is 1560. The van der Waals surface area contributed by atoms with Gasteiger partial charge in [-0.3, -0.25) is 19.2 Å². The number of ether oxygens (including phenoxy) is 2. The van der Waals surface area contributed by atoms with E-state index >= 15 is 0 Å². The predicted octanol–water partition coefficient (Wildman–Crippen LogP) is 4.12. The molecule has 4 aromatic carbocycles. The molecule has 0 aliphatic carbocycles. The lowest BCUT2D eigenvalue weighted by atomic mass is 10.0. The van der Waals surface area contributed by atoms with Crippen molar-refractivity contribution in [2.75, 3.05) is 13.2 Å². The molecule has 0 aromatic heterocycles. The minimum atomic E-state index is -1.34. The third-order valence-electron chi connectivity index (χ3n) is 6.56. The number of carbonyl (C=O) groups excluding carboxylic acids is 3. The van der Waals surface area contributed by atoms with E-state index in [2.05, 4.69) is 10.6 Å². The highest BCUT2D eigenvalue weighted by atomic mass is 16.5. The van der Waals surface area contributed by atoms with Crippen LogP contribution in [-0.4, -0.2) is 54.0 Å². The molecule has 212 valence electrons. The van der Waals surface area contributed by atoms with Gasteiger partial charge in [0.2, 0.25) is 5.91 Å². The third-order valence-corrected chi connectivity index (χ3v) is 6.56. The number of Topliss-reactive ketones (excluding diaryl/α,β-unsaturated/α-hetero) is 1. The van der Waals surface area contributed by atoms with E-state index < -0.39 is 48.7 Å². The quantitative estimate of drug-likeness (QED) is 0.226. The first-order chi connectivity index (χ1) is 19.7. The van der Waals surface area contributed by atoms with E-state index in [0.29, 0.717) is 11.5 Å². The summed E-state index contributed by atoms with van der Waals surface area (Å²) in [6, 6.07) is 23.7. The van der Waals surface area contributed by atoms with Crippen molar-refractivity contribution < 1.29 is 33.8 Å². The van der Waals surface area contributed by atoms with Gasteiger partial charge in [0, 0.05) is 5.39 Å². The Hall–Kier alpha value is -4.92. The summed E-state index contributed by atoms with van der Waals surface area (Å²) in [6.45, 7) is 2.69. The zero-order chi connectivity index (χ0) is 29.4. The summed E-state index contributed by atoms with van der Waals surface area (Å²) in [4.78, 5) is 50.3. The Morgan fingerprint density at radius 2 is 1.44 bits per heavy atom. The van der Waals surface area contributed by atoms with Gasteiger partial charge in [0.05, 0.1) is 6.42 Å². The molecule has 3 N–H and O–H groups in total. The molecule has 0 aliphatic heterocycles. The second-order valence-corrected chi connectivity index (χ2v) is 9.98. The number of carbonyl (C=O) groups is 4. The first-order valence-electron chi connectivity index (χ1n) is 13.3. The molecule has 0 radical (unpaired) electrons. The standard InChI is InChI=1S/C32H32N2O7/c1-20(2)31(34-29(36)19-41-28-13-7-11-22-9-5-6-12-25(22)28)32(39)33-26(17-30(37)38)27(35)18-40-24-15-14-21-8-3-4-10-23(21)16-24/h3-16,20,26,31H,17-19H2,1-2H3,(H,33,39)(H,34,36)(H,37,38)/t26-,31-/m0/s1. The van der Waals surface area contributed by atoms with Gasteiger partial charge in [-0.15, -0.1) is 0 Å². The molecule has 2 atom stereocenters. The molecule has 9 nitrogen and oxygen atoms in total. The van der Waals surface area contributed by atoms with Crippen molar-refractivity contribution in [3.8, 4) is 11.5 Å². The molecule has 41 heavy (non-hydrogen) atoms. The Labute approximate surface area is 237 Å². The van der Waals surface area contributed by atoms with Gasteiger partial charge in [0.15, 0.2) is 12.4 Å². The Balaban J connectivity index is 1.36. The van der Waals surface area contributed by atoms with E-state index in [-0.39, 0.29) is 12.5 Å². The van der Waals surface area contributed by atoms with Gasteiger partial charge in [0.25, 0.3) is 5.91 Å². The summed E-state index contributed by atoms with van der Waals surface area (Å²) in [5.74, 6) is -2.47. The van der Waals surface area contributed by atoms with Gasteiger partial charge in [-0.05, 0) is 40.3 Å². The van der Waals surface area contributed by atoms with Gasteiger partial charge in [0.1, 0.15) is 30.2 Å². The lowest BCUT2D eigenvalue weighted by Crippen LogP contribution is -2.55. The number of fused-ring (bicyclic) bond motifs is 2. The van der Waals surface area contributed by atoms with Crippen LogP contribution in [0, 0.1) is 5.92 Å². The SMILES string of the molecule is CC(C)[C@H](NC(=O)COc1cccc2ccccc12)C(=O)N[C@@H](CC(=O)O)C(=O)COc1ccc2ccccc2c1. The van der Waals surface area contributed by atoms with Crippen LogP contribution in [0.15, 0.2) is 84.9 Å². The summed E-state index contributed by atoms with van der Waals surface area (Å²) in [5.41, 5.74) is 0. The normalized spacial score (nSPS) is 12.5. The van der Waals surface area contributed by atoms with E-state index in [1.165, 1.54) is 0 Å². The van der Waals surface area contributed by atoms with E-state index in [9.17, 15) is 24.3 Å². The van der Waals surface area contributed by atoms with Crippen LogP contribution >= 0.6 is 0 Å². The maximum Gasteiger partial charge on any atom is 0.305 e. The lowest BCUT2D eigenvalue weighted by molar-refractivity contribution is -0.141. The molecule has 0 heterocycles. The summed E-state index contributed by atoms with van der Waals surface area (Å²) in [6.07, 6.45) is -0.630. The third kappa shape index (κ3) is 7.82. The number of amides is 2. The van der Waals surface area contributed by atoms with Crippen LogP contribution in [0.1, 0.15) is 20.3 Å². The van der Waals surface area contributed by atoms with Crippen LogP contribution < -0.4 is 20.1 Å². The monoisotopic (exact) mass is 556 g/mol. The summed E-state index contributed by atoms with van der Waals surface area (Å²) >= 11 is 0. The zero-order valence-corrected chi connectivity index (χ0v) is 22.8. The first-order valence-corrected chi connectivity index (χ1v) is 13.3. The summed E-state index contributed by atoms with van der Waals surface area (Å²) in [7, 11) is 0. The maximum atomic E-state index is 13.1. The molecule has 4 rings (SSSR count). The number of aliphatic carboxylic acids is 1. The minimum Gasteiger partial charge on any atom is -0.486 e. The average Bonchev–Trinajstić information content (AvgIpc) is 2.96. The molecule has 0 saturated heterocycles. The van der Waals surface area contributed by atoms with Crippen LogP contribution in [-0.2, 0) is 19.2 Å². The molecule has 0 bridgehead atoms. The highest BCUT2D eigenvalue weighted by Gasteiger charge is 2.30. The summed E-state index contributed by atoms with van der Waals surface area (Å²) in [5, 5.41) is 18.2. The fraction of sp³-hybridized carbons (Fsp3) is 0.250. The number of benzene rings is 4. The number of rotatable bonds is 13. The molecule has 2 amide bonds. The maximum absolute atomic E-state index is 13.1. The molecule has 0 unspecified atom stereocenters. The second-order valence-electron chi connectivity index (χ2n) is 9.98. The van der Waals surface area contributed by atoms with Crippen molar-refractivity contribution in [2.45, 2.75) is 32.4 Å². The van der Waals surface area contributed by atoms with Crippen LogP contribution in [0.3, 0.4) is 0 Å². The van der Waals surface area contributed by atoms with Gasteiger partial charge in [-0.25, -0.2) is 0 Å². The highest BCUT2D eigenvalue weighted by Crippen LogP contribution is 2.25. The molecular weight excluding hydrogens is 524 g/mol. The fourth-order valence-corrected chi connectivity index (χ4v) is 4.41. The van der Waals surface area contributed by atoms with Crippen molar-refractivity contribution in [1.82, 2.24) is 10.6 Å². The van der Waals surface area contributed by atoms with Gasteiger partial charge < -0.3 is 25.2 Å². The molecular formula is C32H32N2O7. The van der Waals surface area contributed by atoms with E-state index in [0.717, 1.165) is 21.5 Å². The number of nitrogens with one attached hydrogen (secondary N) is 2. The molecule has 4 aromatic rings. The van der Waals surface area contributed by atoms with Crippen molar-refractivity contribution in [1.29, 1.82) is 0 Å². The number of hydrogen-bond donors (Lipinski definition) is 3. The molecule has 0 fully saturated rings. The van der Waals surface area contributed by atoms with Gasteiger partial charge in [-0.2, -0.15) is 0 Å². The summed E-state index contributed by atoms with van der Waals surface area (Å²) < 4.78 is 11.3. The predicted molar refractivity (Wildman–Crippen MR) is 155 cm³/mol. The first kappa shape index (κ1) is 29.1. The molecule has 0 saturated carbocycles. The van der Waals surface area contributed by atoms with Crippen molar-refractivity contribution >= 4 is 45.1 Å². The topological polar surface area (TPSA) is 131 Å². The second kappa shape index (κ2) is 13.4. The van der Waals surface area contributed by atoms with Gasteiger partial charge in [-0.1, -0.05) is 80.6 Å². The Kier molecular flexibility index (Phi) is 9.52. The smallest absolute Gasteiger partial charge is 0.305 e. The zero-order valence-electron chi connectivity index (χ0n) is 22.8. The van der Waals surface area contributed by atoms with E-state index in [4.69, 9.17) is 9.47 Å². The van der Waals surface area contributed by atoms with Crippen LogP contribution in [0.2, 0.25) is 0 Å². The van der Waals surface area contributed by atoms with Crippen molar-refractivity contribution in [3.05, 3.63) is 84.9 Å². The number of ketones is 1. The number of hydrogen-bond acceptors (Lipinski definition) is 6. The van der Waals surface area contributed by atoms with Crippen LogP contribution in [0.25, 0.3) is 21.5 Å². The Morgan fingerprint density at radius 3 is 2.17 bits per heavy atom.